The number of nitrogens with zero attached hydrogens (tertiary/aromatic N) is 5. The molecular formula is C50H31N5O. The first kappa shape index (κ1) is 31.8. The monoisotopic (exact) mass is 717 g/mol. The fourth-order valence-corrected chi connectivity index (χ4v) is 7.78. The Kier molecular flexibility index (Phi) is 7.38. The fourth-order valence-electron chi connectivity index (χ4n) is 7.78. The molecule has 0 saturated heterocycles. The van der Waals surface area contributed by atoms with Gasteiger partial charge in [0.25, 0.3) is 0 Å². The summed E-state index contributed by atoms with van der Waals surface area (Å²) in [6.45, 7) is 0. The Labute approximate surface area is 322 Å². The highest BCUT2D eigenvalue weighted by Crippen LogP contribution is 2.40. The average molecular weight is 718 g/mol. The first-order chi connectivity index (χ1) is 27.7. The molecule has 7 aromatic carbocycles. The van der Waals surface area contributed by atoms with Crippen LogP contribution in [0.5, 0.6) is 0 Å². The summed E-state index contributed by atoms with van der Waals surface area (Å²) >= 11 is 0. The zero-order chi connectivity index (χ0) is 37.0. The number of para-hydroxylation sites is 2. The number of fused-ring (bicyclic) bond motifs is 6. The Balaban J connectivity index is 1.01. The van der Waals surface area contributed by atoms with Crippen LogP contribution in [0.15, 0.2) is 193 Å². The van der Waals surface area contributed by atoms with Crippen LogP contribution in [0.25, 0.3) is 106 Å². The molecule has 0 N–H and O–H groups in total. The highest BCUT2D eigenvalue weighted by molar-refractivity contribution is 6.17. The summed E-state index contributed by atoms with van der Waals surface area (Å²) in [4.78, 5) is 19.2. The quantitative estimate of drug-likeness (QED) is 0.171. The van der Waals surface area contributed by atoms with Crippen molar-refractivity contribution in [3.8, 4) is 62.1 Å². The van der Waals surface area contributed by atoms with Crippen LogP contribution in [-0.2, 0) is 0 Å². The van der Waals surface area contributed by atoms with Gasteiger partial charge in [-0.2, -0.15) is 0 Å². The fraction of sp³-hybridized carbons (Fsp3) is 0. The number of benzene rings is 7. The lowest BCUT2D eigenvalue weighted by Gasteiger charge is -2.10. The molecule has 4 heterocycles. The second-order valence-electron chi connectivity index (χ2n) is 13.9. The number of aromatic nitrogens is 5. The lowest BCUT2D eigenvalue weighted by molar-refractivity contribution is 0.669. The van der Waals surface area contributed by atoms with Gasteiger partial charge in [-0.05, 0) is 64.7 Å². The van der Waals surface area contributed by atoms with Gasteiger partial charge in [-0.15, -0.1) is 0 Å². The summed E-state index contributed by atoms with van der Waals surface area (Å²) in [6.07, 6.45) is 3.65. The molecule has 0 amide bonds. The highest BCUT2D eigenvalue weighted by atomic mass is 16.3. The second-order valence-corrected chi connectivity index (χ2v) is 13.9. The standard InChI is InChI=1S/C50H31N5O/c1-3-10-34(11-4-1)48-52-49(54-50(53-48)36-23-19-33(20-24-36)38-12-9-27-51-31-38)35-21-17-32(18-22-35)37-25-26-44-41(28-37)42-29-43-40-15-7-8-16-46(40)56-47(43)30-45(42)55(44)39-13-5-2-6-14-39/h1-31H. The lowest BCUT2D eigenvalue weighted by Crippen LogP contribution is -2.00. The largest absolute Gasteiger partial charge is 0.456 e. The van der Waals surface area contributed by atoms with E-state index in [-0.39, 0.29) is 0 Å². The smallest absolute Gasteiger partial charge is 0.164 e. The molecular weight excluding hydrogens is 687 g/mol. The summed E-state index contributed by atoms with van der Waals surface area (Å²) < 4.78 is 8.68. The van der Waals surface area contributed by atoms with Gasteiger partial charge in [0.05, 0.1) is 11.0 Å². The zero-order valence-corrected chi connectivity index (χ0v) is 30.0. The molecule has 6 heteroatoms. The van der Waals surface area contributed by atoms with Crippen molar-refractivity contribution in [3.05, 3.63) is 188 Å². The van der Waals surface area contributed by atoms with Gasteiger partial charge in [0.1, 0.15) is 11.2 Å². The van der Waals surface area contributed by atoms with Crippen LogP contribution >= 0.6 is 0 Å². The molecule has 0 radical (unpaired) electrons. The molecule has 262 valence electrons. The normalized spacial score (nSPS) is 11.6. The number of furan rings is 1. The maximum Gasteiger partial charge on any atom is 0.164 e. The van der Waals surface area contributed by atoms with Crippen LogP contribution in [0.2, 0.25) is 0 Å². The Morgan fingerprint density at radius 1 is 0.357 bits per heavy atom. The molecule has 0 aliphatic carbocycles. The van der Waals surface area contributed by atoms with Crippen molar-refractivity contribution in [1.82, 2.24) is 24.5 Å². The Hall–Kier alpha value is -7.70. The zero-order valence-electron chi connectivity index (χ0n) is 30.0. The maximum atomic E-state index is 6.34. The molecule has 0 unspecified atom stereocenters. The van der Waals surface area contributed by atoms with Crippen LogP contribution in [0, 0.1) is 0 Å². The van der Waals surface area contributed by atoms with Gasteiger partial charge in [0.15, 0.2) is 17.5 Å². The van der Waals surface area contributed by atoms with Crippen LogP contribution in [0.1, 0.15) is 0 Å². The average Bonchev–Trinajstić information content (AvgIpc) is 3.80. The van der Waals surface area contributed by atoms with Crippen LogP contribution in [0.3, 0.4) is 0 Å². The molecule has 11 rings (SSSR count). The van der Waals surface area contributed by atoms with Gasteiger partial charge in [-0.25, -0.2) is 15.0 Å². The van der Waals surface area contributed by atoms with E-state index >= 15 is 0 Å². The van der Waals surface area contributed by atoms with Gasteiger partial charge in [-0.1, -0.05) is 127 Å². The summed E-state index contributed by atoms with van der Waals surface area (Å²) in [5, 5.41) is 4.60. The number of hydrogen-bond acceptors (Lipinski definition) is 5. The van der Waals surface area contributed by atoms with E-state index < -0.39 is 0 Å². The van der Waals surface area contributed by atoms with Gasteiger partial charge in [0.2, 0.25) is 0 Å². The van der Waals surface area contributed by atoms with Gasteiger partial charge in [0, 0.05) is 62.4 Å². The number of hydrogen-bond donors (Lipinski definition) is 0. The van der Waals surface area contributed by atoms with Crippen molar-refractivity contribution in [2.24, 2.45) is 0 Å². The van der Waals surface area contributed by atoms with Crippen LogP contribution < -0.4 is 0 Å². The van der Waals surface area contributed by atoms with Gasteiger partial charge in [-0.3, -0.25) is 4.98 Å². The Morgan fingerprint density at radius 3 is 1.59 bits per heavy atom. The van der Waals surface area contributed by atoms with Crippen molar-refractivity contribution in [1.29, 1.82) is 0 Å². The van der Waals surface area contributed by atoms with E-state index in [1.807, 2.05) is 54.7 Å². The van der Waals surface area contributed by atoms with Gasteiger partial charge < -0.3 is 8.98 Å². The minimum atomic E-state index is 0.620. The SMILES string of the molecule is c1ccc(-c2nc(-c3ccc(-c4cccnc4)cc3)nc(-c3ccc(-c4ccc5c(c4)c4cc6c(cc4n5-c4ccccc4)oc4ccccc46)cc3)n2)cc1. The predicted octanol–water partition coefficient (Wildman–Crippen LogP) is 12.6. The lowest BCUT2D eigenvalue weighted by atomic mass is 10.0. The molecule has 0 aliphatic rings. The van der Waals surface area contributed by atoms with E-state index in [1.54, 1.807) is 6.20 Å². The third kappa shape index (κ3) is 5.43. The Bertz CT molecular complexity index is 3210. The molecule has 0 spiro atoms. The summed E-state index contributed by atoms with van der Waals surface area (Å²) in [5.41, 5.74) is 12.3. The second kappa shape index (κ2) is 13.0. The van der Waals surface area contributed by atoms with E-state index in [2.05, 4.69) is 137 Å². The molecule has 4 aromatic heterocycles. The molecule has 0 bridgehead atoms. The molecule has 56 heavy (non-hydrogen) atoms. The minimum absolute atomic E-state index is 0.620. The van der Waals surface area contributed by atoms with Crippen molar-refractivity contribution in [2.75, 3.05) is 0 Å². The first-order valence-corrected chi connectivity index (χ1v) is 18.6. The molecule has 6 nitrogen and oxygen atoms in total. The number of pyridine rings is 1. The Morgan fingerprint density at radius 2 is 0.911 bits per heavy atom. The van der Waals surface area contributed by atoms with E-state index in [0.717, 1.165) is 77.6 Å². The summed E-state index contributed by atoms with van der Waals surface area (Å²) in [6, 6.07) is 60.9. The number of rotatable bonds is 6. The molecule has 0 saturated carbocycles. The predicted molar refractivity (Wildman–Crippen MR) is 226 cm³/mol. The van der Waals surface area contributed by atoms with E-state index in [9.17, 15) is 0 Å². The van der Waals surface area contributed by atoms with Crippen molar-refractivity contribution < 1.29 is 4.42 Å². The third-order valence-electron chi connectivity index (χ3n) is 10.6. The van der Waals surface area contributed by atoms with Gasteiger partial charge >= 0.3 is 0 Å². The third-order valence-corrected chi connectivity index (χ3v) is 10.6. The van der Waals surface area contributed by atoms with E-state index in [1.165, 1.54) is 10.8 Å². The van der Waals surface area contributed by atoms with Crippen molar-refractivity contribution in [2.45, 2.75) is 0 Å². The first-order valence-electron chi connectivity index (χ1n) is 18.6. The minimum Gasteiger partial charge on any atom is -0.456 e. The molecule has 0 aliphatic heterocycles. The summed E-state index contributed by atoms with van der Waals surface area (Å²) in [7, 11) is 0. The topological polar surface area (TPSA) is 69.6 Å². The van der Waals surface area contributed by atoms with Crippen LogP contribution in [-0.4, -0.2) is 24.5 Å². The molecule has 0 atom stereocenters. The maximum absolute atomic E-state index is 6.34. The van der Waals surface area contributed by atoms with E-state index in [0.29, 0.717) is 17.5 Å². The van der Waals surface area contributed by atoms with Crippen molar-refractivity contribution >= 4 is 43.7 Å². The highest BCUT2D eigenvalue weighted by Gasteiger charge is 2.18. The van der Waals surface area contributed by atoms with Crippen molar-refractivity contribution in [3.63, 3.8) is 0 Å². The summed E-state index contributed by atoms with van der Waals surface area (Å²) in [5.74, 6) is 1.87. The van der Waals surface area contributed by atoms with Crippen LogP contribution in [0.4, 0.5) is 0 Å². The molecule has 0 fully saturated rings. The van der Waals surface area contributed by atoms with E-state index in [4.69, 9.17) is 19.4 Å². The molecule has 11 aromatic rings.